The van der Waals surface area contributed by atoms with Crippen LogP contribution in [0.3, 0.4) is 0 Å². The van der Waals surface area contributed by atoms with Gasteiger partial charge in [-0.3, -0.25) is 9.97 Å². The fraction of sp³-hybridized carbons (Fsp3) is 0.318. The Morgan fingerprint density at radius 3 is 2.39 bits per heavy atom. The normalized spacial score (nSPS) is 19.7. The molecule has 0 aromatic carbocycles. The average molecular weight is 392 g/mol. The van der Waals surface area contributed by atoms with Crippen LogP contribution in [0.25, 0.3) is 0 Å². The van der Waals surface area contributed by atoms with E-state index in [1.165, 1.54) is 5.56 Å². The Morgan fingerprint density at radius 2 is 1.79 bits per heavy atom. The van der Waals surface area contributed by atoms with Crippen molar-refractivity contribution in [3.8, 4) is 0 Å². The molecule has 1 aliphatic rings. The van der Waals surface area contributed by atoms with Crippen molar-refractivity contribution >= 4 is 17.3 Å². The maximum absolute atomic E-state index is 5.73. The molecule has 4 rings (SSSR count). The lowest BCUT2D eigenvalue weighted by Crippen LogP contribution is -2.29. The van der Waals surface area contributed by atoms with Crippen molar-refractivity contribution in [3.05, 3.63) is 84.2 Å². The Bertz CT molecular complexity index is 946. The van der Waals surface area contributed by atoms with E-state index in [2.05, 4.69) is 70.0 Å². The van der Waals surface area contributed by atoms with Gasteiger partial charge in [0.25, 0.3) is 0 Å². The third-order valence-electron chi connectivity index (χ3n) is 5.09. The Kier molecular flexibility index (Phi) is 4.89. The van der Waals surface area contributed by atoms with Crippen LogP contribution in [-0.4, -0.2) is 24.5 Å². The molecule has 3 aromatic heterocycles. The van der Waals surface area contributed by atoms with Crippen molar-refractivity contribution in [2.24, 2.45) is 0 Å². The number of pyridine rings is 2. The lowest BCUT2D eigenvalue weighted by Gasteiger charge is -2.27. The molecule has 0 bridgehead atoms. The highest BCUT2D eigenvalue weighted by Crippen LogP contribution is 2.39. The van der Waals surface area contributed by atoms with E-state index in [0.29, 0.717) is 6.54 Å². The molecular weight excluding hydrogens is 366 g/mol. The number of hydrogen-bond acceptors (Lipinski definition) is 3. The minimum atomic E-state index is -0.00627. The fourth-order valence-electron chi connectivity index (χ4n) is 3.61. The van der Waals surface area contributed by atoms with Crippen LogP contribution < -0.4 is 5.32 Å². The molecule has 5 nitrogen and oxygen atoms in total. The second-order valence-corrected chi connectivity index (χ2v) is 8.49. The molecule has 1 aliphatic heterocycles. The van der Waals surface area contributed by atoms with Crippen LogP contribution in [0.4, 0.5) is 0 Å². The predicted molar refractivity (Wildman–Crippen MR) is 115 cm³/mol. The molecule has 1 saturated heterocycles. The number of rotatable bonds is 4. The van der Waals surface area contributed by atoms with Gasteiger partial charge < -0.3 is 14.8 Å². The van der Waals surface area contributed by atoms with Crippen LogP contribution in [0.2, 0.25) is 0 Å². The predicted octanol–water partition coefficient (Wildman–Crippen LogP) is 4.21. The third-order valence-corrected chi connectivity index (χ3v) is 5.44. The Balaban J connectivity index is 1.74. The SMILES string of the molecule is CC(C)(C)n1ccc([C@H]2[C@@H](c3ccccn3)NC(=S)N2Cc2ccccn2)c1. The average Bonchev–Trinajstić information content (AvgIpc) is 3.29. The molecule has 1 fully saturated rings. The maximum atomic E-state index is 5.73. The largest absolute Gasteiger partial charge is 0.352 e. The highest BCUT2D eigenvalue weighted by atomic mass is 32.1. The van der Waals surface area contributed by atoms with Gasteiger partial charge in [-0.05, 0) is 68.9 Å². The van der Waals surface area contributed by atoms with Crippen molar-refractivity contribution in [1.29, 1.82) is 0 Å². The summed E-state index contributed by atoms with van der Waals surface area (Å²) in [6.45, 7) is 7.27. The molecule has 144 valence electrons. The molecular formula is C22H25N5S. The lowest BCUT2D eigenvalue weighted by atomic mass is 9.99. The number of aromatic nitrogens is 3. The molecule has 0 unspecified atom stereocenters. The Morgan fingerprint density at radius 1 is 1.04 bits per heavy atom. The van der Waals surface area contributed by atoms with Gasteiger partial charge >= 0.3 is 0 Å². The summed E-state index contributed by atoms with van der Waals surface area (Å²) in [6, 6.07) is 14.2. The van der Waals surface area contributed by atoms with Crippen LogP contribution in [0.1, 0.15) is 49.8 Å². The van der Waals surface area contributed by atoms with E-state index in [9.17, 15) is 0 Å². The molecule has 0 amide bonds. The number of thiocarbonyl (C=S) groups is 1. The molecule has 1 N–H and O–H groups in total. The minimum Gasteiger partial charge on any atom is -0.352 e. The van der Waals surface area contributed by atoms with Crippen LogP contribution in [0.15, 0.2) is 67.3 Å². The molecule has 28 heavy (non-hydrogen) atoms. The number of nitrogens with one attached hydrogen (secondary N) is 1. The smallest absolute Gasteiger partial charge is 0.170 e. The van der Waals surface area contributed by atoms with Gasteiger partial charge in [-0.25, -0.2) is 0 Å². The standard InChI is InChI=1S/C22H25N5S/c1-22(2,3)26-13-10-16(14-26)20-19(18-9-5-7-12-24-18)25-21(28)27(20)15-17-8-4-6-11-23-17/h4-14,19-20H,15H2,1-3H3,(H,25,28)/t19-,20+/m1/s1. The van der Waals surface area contributed by atoms with E-state index in [1.807, 2.05) is 42.7 Å². The van der Waals surface area contributed by atoms with E-state index in [-0.39, 0.29) is 17.6 Å². The molecule has 0 spiro atoms. The molecule has 6 heteroatoms. The summed E-state index contributed by atoms with van der Waals surface area (Å²) in [5, 5.41) is 4.23. The van der Waals surface area contributed by atoms with E-state index in [4.69, 9.17) is 12.2 Å². The quantitative estimate of drug-likeness (QED) is 0.675. The molecule has 3 aromatic rings. The van der Waals surface area contributed by atoms with Crippen LogP contribution in [0.5, 0.6) is 0 Å². The summed E-state index contributed by atoms with van der Waals surface area (Å²) in [5.74, 6) is 0. The Labute approximate surface area is 171 Å². The molecule has 0 radical (unpaired) electrons. The lowest BCUT2D eigenvalue weighted by molar-refractivity contribution is 0.306. The summed E-state index contributed by atoms with van der Waals surface area (Å²) in [4.78, 5) is 11.3. The highest BCUT2D eigenvalue weighted by molar-refractivity contribution is 7.80. The van der Waals surface area contributed by atoms with Gasteiger partial charge in [0.1, 0.15) is 0 Å². The minimum absolute atomic E-state index is 0.00627. The summed E-state index contributed by atoms with van der Waals surface area (Å²) < 4.78 is 2.25. The van der Waals surface area contributed by atoms with Crippen molar-refractivity contribution in [2.75, 3.05) is 0 Å². The molecule has 4 heterocycles. The number of hydrogen-bond donors (Lipinski definition) is 1. The highest BCUT2D eigenvalue weighted by Gasteiger charge is 2.40. The monoisotopic (exact) mass is 391 g/mol. The number of nitrogens with zero attached hydrogens (tertiary/aromatic N) is 4. The van der Waals surface area contributed by atoms with E-state index < -0.39 is 0 Å². The summed E-state index contributed by atoms with van der Waals surface area (Å²) in [5.41, 5.74) is 3.22. The van der Waals surface area contributed by atoms with Gasteiger partial charge in [-0.15, -0.1) is 0 Å². The fourth-order valence-corrected chi connectivity index (χ4v) is 3.92. The van der Waals surface area contributed by atoms with E-state index in [0.717, 1.165) is 16.5 Å². The van der Waals surface area contributed by atoms with Crippen LogP contribution in [0, 0.1) is 0 Å². The zero-order valence-electron chi connectivity index (χ0n) is 16.4. The first-order chi connectivity index (χ1) is 13.4. The van der Waals surface area contributed by atoms with E-state index >= 15 is 0 Å². The van der Waals surface area contributed by atoms with Gasteiger partial charge in [0, 0.05) is 30.3 Å². The Hall–Kier alpha value is -2.73. The second-order valence-electron chi connectivity index (χ2n) is 8.10. The summed E-state index contributed by atoms with van der Waals surface area (Å²) >= 11 is 5.73. The first-order valence-electron chi connectivity index (χ1n) is 9.50. The van der Waals surface area contributed by atoms with Gasteiger partial charge in [0.2, 0.25) is 0 Å². The van der Waals surface area contributed by atoms with Crippen LogP contribution in [-0.2, 0) is 12.1 Å². The van der Waals surface area contributed by atoms with Gasteiger partial charge in [-0.1, -0.05) is 12.1 Å². The maximum Gasteiger partial charge on any atom is 0.170 e. The van der Waals surface area contributed by atoms with Crippen molar-refractivity contribution in [2.45, 2.75) is 44.9 Å². The first-order valence-corrected chi connectivity index (χ1v) is 9.90. The zero-order valence-corrected chi connectivity index (χ0v) is 17.2. The van der Waals surface area contributed by atoms with E-state index in [1.54, 1.807) is 0 Å². The summed E-state index contributed by atoms with van der Waals surface area (Å²) in [6.07, 6.45) is 8.02. The topological polar surface area (TPSA) is 46.0 Å². The molecule has 0 aliphatic carbocycles. The first kappa shape index (κ1) is 18.6. The van der Waals surface area contributed by atoms with Gasteiger partial charge in [0.15, 0.2) is 5.11 Å². The zero-order chi connectivity index (χ0) is 19.7. The molecule has 2 atom stereocenters. The summed E-state index contributed by atoms with van der Waals surface area (Å²) in [7, 11) is 0. The van der Waals surface area contributed by atoms with Crippen molar-refractivity contribution < 1.29 is 0 Å². The molecule has 0 saturated carbocycles. The third kappa shape index (κ3) is 3.64. The van der Waals surface area contributed by atoms with Gasteiger partial charge in [0.05, 0.1) is 30.0 Å². The van der Waals surface area contributed by atoms with Gasteiger partial charge in [-0.2, -0.15) is 0 Å². The second kappa shape index (κ2) is 7.36. The van der Waals surface area contributed by atoms with Crippen molar-refractivity contribution in [1.82, 2.24) is 24.8 Å². The van der Waals surface area contributed by atoms with Crippen molar-refractivity contribution in [3.63, 3.8) is 0 Å². The van der Waals surface area contributed by atoms with Crippen LogP contribution >= 0.6 is 12.2 Å².